The second-order valence-corrected chi connectivity index (χ2v) is 10.2. The molecule has 2 aromatic heterocycles. The fourth-order valence-corrected chi connectivity index (χ4v) is 4.03. The number of benzene rings is 4. The Morgan fingerprint density at radius 2 is 1.02 bits per heavy atom. The van der Waals surface area contributed by atoms with Gasteiger partial charge in [0.05, 0.1) is 0 Å². The first kappa shape index (κ1) is 35.1. The van der Waals surface area contributed by atoms with Gasteiger partial charge in [-0.15, -0.1) is 36.4 Å². The van der Waals surface area contributed by atoms with Gasteiger partial charge in [0.25, 0.3) is 0 Å². The Hall–Kier alpha value is -4.14. The summed E-state index contributed by atoms with van der Waals surface area (Å²) in [6.07, 6.45) is 2.09. The quantitative estimate of drug-likeness (QED) is 0.177. The standard InChI is InChI=1S/C18H20N3.3C7H7.Zr/c1-12(2)21-11-10-15-8-9-16(20-18(15)21)19-17-13(3)6-5-7-14(17)4;3*1-7-5-3-2-4-6-7;/h5-12H,1-4H3;3*2-6H,1H2;/q4*-1;+4. The summed E-state index contributed by atoms with van der Waals surface area (Å²) in [4.78, 5) is 4.73. The largest absolute Gasteiger partial charge is 4.00 e. The molecule has 6 aromatic rings. The van der Waals surface area contributed by atoms with Crippen LogP contribution in [0.15, 0.2) is 134 Å². The molecule has 0 fully saturated rings. The average Bonchev–Trinajstić information content (AvgIpc) is 3.41. The first-order valence-corrected chi connectivity index (χ1v) is 14.1. The number of rotatable bonds is 3. The van der Waals surface area contributed by atoms with Gasteiger partial charge >= 0.3 is 26.2 Å². The molecule has 0 saturated heterocycles. The van der Waals surface area contributed by atoms with Gasteiger partial charge in [-0.05, 0) is 56.0 Å². The maximum Gasteiger partial charge on any atom is 4.00 e. The third-order valence-electron chi connectivity index (χ3n) is 6.30. The van der Waals surface area contributed by atoms with Crippen LogP contribution in [0.4, 0.5) is 11.5 Å². The van der Waals surface area contributed by atoms with Crippen molar-refractivity contribution in [2.75, 3.05) is 0 Å². The predicted octanol–water partition coefficient (Wildman–Crippen LogP) is 11.2. The second kappa shape index (κ2) is 18.4. The van der Waals surface area contributed by atoms with Crippen LogP contribution in [0.25, 0.3) is 16.4 Å². The zero-order valence-corrected chi connectivity index (χ0v) is 28.2. The van der Waals surface area contributed by atoms with Crippen LogP contribution in [0.2, 0.25) is 0 Å². The summed E-state index contributed by atoms with van der Waals surface area (Å²) in [6, 6.07) is 42.4. The molecule has 4 heteroatoms. The number of pyridine rings is 1. The Kier molecular flexibility index (Phi) is 15.0. The molecule has 0 unspecified atom stereocenters. The first-order valence-electron chi connectivity index (χ1n) is 14.1. The zero-order chi connectivity index (χ0) is 30.3. The van der Waals surface area contributed by atoms with Crippen LogP contribution in [0, 0.1) is 34.6 Å². The summed E-state index contributed by atoms with van der Waals surface area (Å²) in [5, 5.41) is 5.90. The smallest absolute Gasteiger partial charge is 0.436 e. The third-order valence-corrected chi connectivity index (χ3v) is 6.30. The van der Waals surface area contributed by atoms with Crippen LogP contribution in [-0.2, 0) is 26.2 Å². The van der Waals surface area contributed by atoms with Gasteiger partial charge in [0, 0.05) is 17.9 Å². The summed E-state index contributed by atoms with van der Waals surface area (Å²) < 4.78 is 2.18. The van der Waals surface area contributed by atoms with Crippen molar-refractivity contribution in [1.29, 1.82) is 0 Å². The van der Waals surface area contributed by atoms with Gasteiger partial charge in [-0.25, -0.2) is 0 Å². The van der Waals surface area contributed by atoms with E-state index in [0.717, 1.165) is 39.2 Å². The minimum Gasteiger partial charge on any atom is -0.436 e. The number of fused-ring (bicyclic) bond motifs is 1. The van der Waals surface area contributed by atoms with E-state index in [4.69, 9.17) is 10.3 Å². The molecule has 43 heavy (non-hydrogen) atoms. The van der Waals surface area contributed by atoms with Gasteiger partial charge in [-0.2, -0.15) is 73.9 Å². The number of para-hydroxylation sites is 1. The SMILES string of the molecule is Cc1cccc(C)c1[N-]c1ccc2ccn(C(C)C)c2n1.[CH2-]c1ccccc1.[CH2-]c1ccccc1.[CH2-]c1ccccc1.[Zr+4]. The van der Waals surface area contributed by atoms with E-state index in [-0.39, 0.29) is 26.2 Å². The van der Waals surface area contributed by atoms with Crippen molar-refractivity contribution < 1.29 is 26.2 Å². The molecule has 6 rings (SSSR count). The second-order valence-electron chi connectivity index (χ2n) is 10.2. The molecule has 0 amide bonds. The molecule has 0 aliphatic carbocycles. The third kappa shape index (κ3) is 11.9. The van der Waals surface area contributed by atoms with Crippen LogP contribution < -0.4 is 0 Å². The van der Waals surface area contributed by atoms with Crippen LogP contribution in [0.3, 0.4) is 0 Å². The van der Waals surface area contributed by atoms with Crippen molar-refractivity contribution in [2.24, 2.45) is 0 Å². The van der Waals surface area contributed by atoms with Gasteiger partial charge in [-0.1, -0.05) is 54.3 Å². The van der Waals surface area contributed by atoms with E-state index in [2.05, 4.69) is 89.6 Å². The normalized spacial score (nSPS) is 9.70. The van der Waals surface area contributed by atoms with Crippen molar-refractivity contribution in [1.82, 2.24) is 9.55 Å². The van der Waals surface area contributed by atoms with Crippen molar-refractivity contribution in [3.63, 3.8) is 0 Å². The summed E-state index contributed by atoms with van der Waals surface area (Å²) in [5.41, 5.74) is 7.59. The molecule has 3 nitrogen and oxygen atoms in total. The minimum absolute atomic E-state index is 0. The Morgan fingerprint density at radius 3 is 1.40 bits per heavy atom. The minimum atomic E-state index is 0. The van der Waals surface area contributed by atoms with E-state index in [9.17, 15) is 0 Å². The molecule has 4 aromatic carbocycles. The van der Waals surface area contributed by atoms with E-state index in [1.54, 1.807) is 0 Å². The monoisotopic (exact) mass is 641 g/mol. The number of aromatic nitrogens is 2. The Balaban J connectivity index is 0.000000239. The van der Waals surface area contributed by atoms with Gasteiger partial charge in [-0.3, -0.25) is 0 Å². The Labute approximate surface area is 278 Å². The van der Waals surface area contributed by atoms with E-state index in [1.807, 2.05) is 97.1 Å². The molecule has 0 bridgehead atoms. The van der Waals surface area contributed by atoms with Crippen molar-refractivity contribution in [3.05, 3.63) is 187 Å². The molecule has 0 N–H and O–H groups in total. The number of nitrogens with zero attached hydrogens (tertiary/aromatic N) is 3. The van der Waals surface area contributed by atoms with E-state index in [0.29, 0.717) is 6.04 Å². The Morgan fingerprint density at radius 1 is 0.581 bits per heavy atom. The summed E-state index contributed by atoms with van der Waals surface area (Å²) in [6.45, 7) is 19.7. The molecule has 216 valence electrons. The van der Waals surface area contributed by atoms with Crippen molar-refractivity contribution in [2.45, 2.75) is 33.7 Å². The molecule has 0 spiro atoms. The first-order chi connectivity index (χ1) is 20.2. The van der Waals surface area contributed by atoms with Crippen LogP contribution >= 0.6 is 0 Å². The van der Waals surface area contributed by atoms with E-state index in [1.165, 1.54) is 11.1 Å². The molecule has 0 atom stereocenters. The van der Waals surface area contributed by atoms with Crippen LogP contribution in [0.5, 0.6) is 0 Å². The summed E-state index contributed by atoms with van der Waals surface area (Å²) >= 11 is 0. The maximum absolute atomic E-state index is 4.75. The number of aryl methyl sites for hydroxylation is 2. The van der Waals surface area contributed by atoms with Gasteiger partial charge in [0.2, 0.25) is 0 Å². The van der Waals surface area contributed by atoms with Gasteiger partial charge in [0.15, 0.2) is 0 Å². The van der Waals surface area contributed by atoms with Crippen LogP contribution in [-0.4, -0.2) is 9.55 Å². The predicted molar refractivity (Wildman–Crippen MR) is 181 cm³/mol. The fourth-order valence-electron chi connectivity index (χ4n) is 4.03. The fraction of sp³-hybridized carbons (Fsp3) is 0.128. The maximum atomic E-state index is 4.75. The number of hydrogen-bond acceptors (Lipinski definition) is 1. The van der Waals surface area contributed by atoms with Gasteiger partial charge in [0.1, 0.15) is 0 Å². The molecule has 2 heterocycles. The molecule has 0 aliphatic rings. The van der Waals surface area contributed by atoms with Crippen molar-refractivity contribution >= 4 is 22.5 Å². The average molecular weight is 643 g/mol. The van der Waals surface area contributed by atoms with E-state index >= 15 is 0 Å². The molecular weight excluding hydrogens is 602 g/mol. The van der Waals surface area contributed by atoms with Gasteiger partial charge < -0.3 is 14.9 Å². The topological polar surface area (TPSA) is 31.9 Å². The van der Waals surface area contributed by atoms with Crippen molar-refractivity contribution in [3.8, 4) is 0 Å². The molecular formula is C39H41N3Zr. The zero-order valence-electron chi connectivity index (χ0n) is 25.7. The Bertz CT molecular complexity index is 1500. The molecule has 0 saturated carbocycles. The number of hydrogen-bond donors (Lipinski definition) is 0. The summed E-state index contributed by atoms with van der Waals surface area (Å²) in [5.74, 6) is 0.764. The van der Waals surface area contributed by atoms with Crippen LogP contribution in [0.1, 0.15) is 47.7 Å². The molecule has 0 aliphatic heterocycles. The summed E-state index contributed by atoms with van der Waals surface area (Å²) in [7, 11) is 0. The molecule has 0 radical (unpaired) electrons. The van der Waals surface area contributed by atoms with E-state index < -0.39 is 0 Å².